The van der Waals surface area contributed by atoms with E-state index in [2.05, 4.69) is 170 Å². The van der Waals surface area contributed by atoms with Crippen LogP contribution in [0, 0.1) is 0 Å². The average molecular weight is 682 g/mol. The number of rotatable bonds is 4. The van der Waals surface area contributed by atoms with E-state index in [0.29, 0.717) is 0 Å². The molecule has 0 unspecified atom stereocenters. The van der Waals surface area contributed by atoms with Gasteiger partial charge in [0.15, 0.2) is 0 Å². The van der Waals surface area contributed by atoms with E-state index in [4.69, 9.17) is 0 Å². The van der Waals surface area contributed by atoms with E-state index in [1.54, 1.807) is 11.1 Å². The molecule has 53 heavy (non-hydrogen) atoms. The summed E-state index contributed by atoms with van der Waals surface area (Å²) in [4.78, 5) is 2.56. The van der Waals surface area contributed by atoms with Crippen LogP contribution < -0.4 is 4.90 Å². The van der Waals surface area contributed by atoms with Crippen molar-refractivity contribution in [2.24, 2.45) is 0 Å². The zero-order chi connectivity index (χ0) is 35.3. The third kappa shape index (κ3) is 4.20. The van der Waals surface area contributed by atoms with Gasteiger partial charge < -0.3 is 4.90 Å². The molecule has 0 saturated carbocycles. The van der Waals surface area contributed by atoms with Gasteiger partial charge in [-0.25, -0.2) is 0 Å². The Morgan fingerprint density at radius 2 is 1.09 bits per heavy atom. The monoisotopic (exact) mass is 681 g/mol. The van der Waals surface area contributed by atoms with Crippen molar-refractivity contribution < 1.29 is 0 Å². The first-order valence-electron chi connectivity index (χ1n) is 19.6. The quantitative estimate of drug-likeness (QED) is 0.179. The first kappa shape index (κ1) is 30.9. The molecule has 5 aliphatic carbocycles. The van der Waals surface area contributed by atoms with Gasteiger partial charge in [0.25, 0.3) is 0 Å². The lowest BCUT2D eigenvalue weighted by Gasteiger charge is -2.35. The van der Waals surface area contributed by atoms with Crippen molar-refractivity contribution in [3.8, 4) is 22.3 Å². The number of para-hydroxylation sites is 1. The molecule has 0 saturated heterocycles. The number of anilines is 3. The molecule has 0 aliphatic heterocycles. The Balaban J connectivity index is 1.18. The fraction of sp³-hybridized carbons (Fsp3) is 0.192. The third-order valence-electron chi connectivity index (χ3n) is 13.2. The van der Waals surface area contributed by atoms with Crippen LogP contribution in [-0.4, -0.2) is 0 Å². The van der Waals surface area contributed by atoms with Crippen LogP contribution in [0.5, 0.6) is 0 Å². The van der Waals surface area contributed by atoms with Gasteiger partial charge in [-0.2, -0.15) is 0 Å². The lowest BCUT2D eigenvalue weighted by Crippen LogP contribution is -2.28. The zero-order valence-electron chi connectivity index (χ0n) is 30.6. The van der Waals surface area contributed by atoms with E-state index < -0.39 is 0 Å². The minimum atomic E-state index is -0.270. The van der Waals surface area contributed by atoms with E-state index in [-0.39, 0.29) is 10.8 Å². The Hall–Kier alpha value is -5.66. The van der Waals surface area contributed by atoms with Crippen LogP contribution in [0.3, 0.4) is 0 Å². The summed E-state index contributed by atoms with van der Waals surface area (Å²) < 4.78 is 0. The Bertz CT molecular complexity index is 2550. The van der Waals surface area contributed by atoms with Gasteiger partial charge in [-0.3, -0.25) is 0 Å². The van der Waals surface area contributed by atoms with Gasteiger partial charge in [-0.1, -0.05) is 135 Å². The smallest absolute Gasteiger partial charge is 0.0686 e. The molecule has 1 nitrogen and oxygen atoms in total. The molecular weight excluding hydrogens is 639 g/mol. The Morgan fingerprint density at radius 3 is 1.83 bits per heavy atom. The third-order valence-corrected chi connectivity index (χ3v) is 13.2. The van der Waals surface area contributed by atoms with Gasteiger partial charge in [-0.15, -0.1) is 0 Å². The molecule has 6 aromatic carbocycles. The first-order valence-corrected chi connectivity index (χ1v) is 19.6. The molecule has 0 radical (unpaired) electrons. The predicted molar refractivity (Wildman–Crippen MR) is 222 cm³/mol. The molecule has 0 bridgehead atoms. The molecule has 256 valence electrons. The van der Waals surface area contributed by atoms with Crippen molar-refractivity contribution >= 4 is 28.2 Å². The van der Waals surface area contributed by atoms with Crippen molar-refractivity contribution in [1.82, 2.24) is 0 Å². The summed E-state index contributed by atoms with van der Waals surface area (Å²) in [7, 11) is 0. The van der Waals surface area contributed by atoms with Crippen LogP contribution in [0.25, 0.3) is 33.4 Å². The SMILES string of the molecule is CC1(C)C2=C(CCC=C2)c2ccc(N(c3ccc4c(c3)C3(C5=C4CCCC5)c4ccccc4-c4ccccc43)c3ccccc3-c3ccccc3)cc21. The van der Waals surface area contributed by atoms with Crippen molar-refractivity contribution in [3.05, 3.63) is 196 Å². The fourth-order valence-corrected chi connectivity index (χ4v) is 11.0. The Kier molecular flexibility index (Phi) is 6.66. The van der Waals surface area contributed by atoms with E-state index >= 15 is 0 Å². The summed E-state index contributed by atoms with van der Waals surface area (Å²) in [5.41, 5.74) is 23.4. The normalized spacial score (nSPS) is 18.0. The van der Waals surface area contributed by atoms with Crippen molar-refractivity contribution in [2.45, 2.75) is 63.2 Å². The molecule has 0 fully saturated rings. The Morgan fingerprint density at radius 1 is 0.491 bits per heavy atom. The minimum absolute atomic E-state index is 0.0511. The van der Waals surface area contributed by atoms with Gasteiger partial charge in [0, 0.05) is 22.4 Å². The molecule has 0 atom stereocenters. The highest BCUT2D eigenvalue weighted by molar-refractivity contribution is 5.97. The summed E-state index contributed by atoms with van der Waals surface area (Å²) in [6.07, 6.45) is 11.8. The van der Waals surface area contributed by atoms with Crippen LogP contribution in [0.15, 0.2) is 163 Å². The summed E-state index contributed by atoms with van der Waals surface area (Å²) >= 11 is 0. The lowest BCUT2D eigenvalue weighted by molar-refractivity contribution is 0.642. The summed E-state index contributed by atoms with van der Waals surface area (Å²) in [6, 6.07) is 53.2. The maximum Gasteiger partial charge on any atom is 0.0686 e. The number of allylic oxidation sites excluding steroid dienone is 6. The number of benzene rings is 6. The standard InChI is InChI=1S/C52H43N/c1-51(2)44-23-11-6-19-38(44)42-30-28-35(32-48(42)51)53(50-27-15-10-18-37(50)34-16-4-3-5-17-34)36-29-31-43-41-22-9-14-26-47(41)52(49(43)33-36)45-24-12-7-20-39(45)40-21-8-13-25-46(40)52/h3-5,7-8,10-13,15-18,20-21,23-25,27-33H,6,9,14,19,22,26H2,1-2H3. The number of nitrogens with zero attached hydrogens (tertiary/aromatic N) is 1. The molecular formula is C52H43N. The number of fused-ring (bicyclic) bond motifs is 11. The largest absolute Gasteiger partial charge is 0.310 e. The molecule has 1 spiro atoms. The lowest BCUT2D eigenvalue weighted by atomic mass is 9.67. The van der Waals surface area contributed by atoms with Crippen LogP contribution in [0.2, 0.25) is 0 Å². The maximum absolute atomic E-state index is 2.58. The molecule has 5 aliphatic rings. The highest BCUT2D eigenvalue weighted by Gasteiger charge is 2.53. The Labute approximate surface area is 313 Å². The minimum Gasteiger partial charge on any atom is -0.310 e. The predicted octanol–water partition coefficient (Wildman–Crippen LogP) is 13.9. The fourth-order valence-electron chi connectivity index (χ4n) is 11.0. The van der Waals surface area contributed by atoms with Gasteiger partial charge in [-0.05, 0) is 141 Å². The zero-order valence-corrected chi connectivity index (χ0v) is 30.6. The van der Waals surface area contributed by atoms with Crippen molar-refractivity contribution in [1.29, 1.82) is 0 Å². The summed E-state index contributed by atoms with van der Waals surface area (Å²) in [5.74, 6) is 0. The number of hydrogen-bond acceptors (Lipinski definition) is 1. The van der Waals surface area contributed by atoms with Crippen molar-refractivity contribution in [2.75, 3.05) is 4.90 Å². The van der Waals surface area contributed by atoms with Gasteiger partial charge in [0.1, 0.15) is 0 Å². The topological polar surface area (TPSA) is 3.24 Å². The van der Waals surface area contributed by atoms with Crippen LogP contribution >= 0.6 is 0 Å². The molecule has 0 amide bonds. The highest BCUT2D eigenvalue weighted by Crippen LogP contribution is 2.65. The molecule has 11 rings (SSSR count). The number of hydrogen-bond donors (Lipinski definition) is 0. The second kappa shape index (κ2) is 11.4. The first-order chi connectivity index (χ1) is 26.1. The molecule has 0 aromatic heterocycles. The molecule has 0 N–H and O–H groups in total. The van der Waals surface area contributed by atoms with Gasteiger partial charge >= 0.3 is 0 Å². The molecule has 6 aromatic rings. The molecule has 0 heterocycles. The van der Waals surface area contributed by atoms with Gasteiger partial charge in [0.05, 0.1) is 11.1 Å². The van der Waals surface area contributed by atoms with Crippen LogP contribution in [-0.2, 0) is 10.8 Å². The summed E-state index contributed by atoms with van der Waals surface area (Å²) in [5, 5.41) is 0. The van der Waals surface area contributed by atoms with Crippen molar-refractivity contribution in [3.63, 3.8) is 0 Å². The highest BCUT2D eigenvalue weighted by atomic mass is 15.1. The summed E-state index contributed by atoms with van der Waals surface area (Å²) in [6.45, 7) is 4.83. The van der Waals surface area contributed by atoms with E-state index in [1.807, 2.05) is 0 Å². The van der Waals surface area contributed by atoms with E-state index in [9.17, 15) is 0 Å². The van der Waals surface area contributed by atoms with Crippen LogP contribution in [0.4, 0.5) is 17.1 Å². The second-order valence-electron chi connectivity index (χ2n) is 16.1. The van der Waals surface area contributed by atoms with E-state index in [0.717, 1.165) is 25.7 Å². The van der Waals surface area contributed by atoms with Crippen LogP contribution in [0.1, 0.15) is 85.8 Å². The second-order valence-corrected chi connectivity index (χ2v) is 16.1. The van der Waals surface area contributed by atoms with Gasteiger partial charge in [0.2, 0.25) is 0 Å². The maximum atomic E-state index is 2.58. The van der Waals surface area contributed by atoms with E-state index in [1.165, 1.54) is 96.7 Å². The molecule has 1 heteroatoms. The average Bonchev–Trinajstić information content (AvgIpc) is 3.77.